The molecule has 0 unspecified atom stereocenters. The number of ether oxygens (including phenoxy) is 2. The van der Waals surface area contributed by atoms with Gasteiger partial charge in [-0.2, -0.15) is 5.10 Å². The fraction of sp³-hybridized carbons (Fsp3) is 0.471. The molecule has 0 bridgehead atoms. The maximum atomic E-state index is 5.71. The van der Waals surface area contributed by atoms with E-state index in [2.05, 4.69) is 43.1 Å². The second-order valence-corrected chi connectivity index (χ2v) is 12.4. The highest BCUT2D eigenvalue weighted by molar-refractivity contribution is 6.76. The third kappa shape index (κ3) is 5.65. The van der Waals surface area contributed by atoms with Crippen LogP contribution in [0.3, 0.4) is 0 Å². The molecule has 0 aliphatic rings. The van der Waals surface area contributed by atoms with E-state index >= 15 is 0 Å². The summed E-state index contributed by atoms with van der Waals surface area (Å²) < 4.78 is 12.7. The van der Waals surface area contributed by atoms with Gasteiger partial charge in [0.2, 0.25) is 0 Å². The zero-order valence-corrected chi connectivity index (χ0v) is 15.0. The van der Waals surface area contributed by atoms with Crippen LogP contribution in [-0.4, -0.2) is 31.6 Å². The van der Waals surface area contributed by atoms with Crippen LogP contribution in [-0.2, 0) is 17.9 Å². The lowest BCUT2D eigenvalue weighted by atomic mass is 10.1. The maximum Gasteiger partial charge on any atom is 0.139 e. The molecule has 0 atom stereocenters. The summed E-state index contributed by atoms with van der Waals surface area (Å²) in [6.07, 6.45) is 4.84. The average molecular weight is 318 g/mol. The molecule has 0 radical (unpaired) electrons. The lowest BCUT2D eigenvalue weighted by Crippen LogP contribution is -2.22. The Bertz CT molecular complexity index is 573. The van der Waals surface area contributed by atoms with Gasteiger partial charge in [-0.15, -0.1) is 0 Å². The van der Waals surface area contributed by atoms with E-state index in [-0.39, 0.29) is 0 Å². The third-order valence-electron chi connectivity index (χ3n) is 3.47. The highest BCUT2D eigenvalue weighted by Crippen LogP contribution is 2.14. The highest BCUT2D eigenvalue weighted by Gasteiger charge is 2.12. The van der Waals surface area contributed by atoms with E-state index in [9.17, 15) is 0 Å². The standard InChI is InChI=1S/C17H26N2O2Si/c1-20-17-7-5-15(6-8-17)11-16-12-18-19(13-16)14-21-9-10-22(2,3)4/h5-8,12-13H,9-11,14H2,1-4H3. The molecule has 2 aromatic rings. The number of hydrogen-bond donors (Lipinski definition) is 0. The molecule has 22 heavy (non-hydrogen) atoms. The van der Waals surface area contributed by atoms with Crippen LogP contribution in [0.2, 0.25) is 25.7 Å². The number of benzene rings is 1. The van der Waals surface area contributed by atoms with Crippen molar-refractivity contribution in [1.29, 1.82) is 0 Å². The van der Waals surface area contributed by atoms with E-state index in [1.807, 2.05) is 23.0 Å². The van der Waals surface area contributed by atoms with Gasteiger partial charge in [0.25, 0.3) is 0 Å². The van der Waals surface area contributed by atoms with Crippen molar-refractivity contribution in [3.8, 4) is 5.75 Å². The molecule has 0 fully saturated rings. The molecule has 0 amide bonds. The van der Waals surface area contributed by atoms with Gasteiger partial charge in [0.15, 0.2) is 0 Å². The van der Waals surface area contributed by atoms with Crippen LogP contribution in [0, 0.1) is 0 Å². The molecule has 0 saturated carbocycles. The molecule has 2 rings (SSSR count). The molecule has 0 saturated heterocycles. The second kappa shape index (κ2) is 7.60. The Labute approximate surface area is 134 Å². The van der Waals surface area contributed by atoms with Crippen LogP contribution < -0.4 is 4.74 Å². The maximum absolute atomic E-state index is 5.71. The molecule has 1 aromatic heterocycles. The Morgan fingerprint density at radius 3 is 2.45 bits per heavy atom. The number of nitrogens with zero attached hydrogens (tertiary/aromatic N) is 2. The van der Waals surface area contributed by atoms with Crippen molar-refractivity contribution in [3.63, 3.8) is 0 Å². The molecule has 1 heterocycles. The quantitative estimate of drug-likeness (QED) is 0.549. The monoisotopic (exact) mass is 318 g/mol. The van der Waals surface area contributed by atoms with Crippen LogP contribution >= 0.6 is 0 Å². The first kappa shape index (κ1) is 16.8. The number of methoxy groups -OCH3 is 1. The Morgan fingerprint density at radius 1 is 1.09 bits per heavy atom. The van der Waals surface area contributed by atoms with Gasteiger partial charge in [0, 0.05) is 27.3 Å². The SMILES string of the molecule is COc1ccc(Cc2cnn(COCC[Si](C)(C)C)c2)cc1. The van der Waals surface area contributed by atoms with E-state index < -0.39 is 8.07 Å². The summed E-state index contributed by atoms with van der Waals surface area (Å²) >= 11 is 0. The number of aromatic nitrogens is 2. The van der Waals surface area contributed by atoms with Gasteiger partial charge in [-0.05, 0) is 29.3 Å². The Balaban J connectivity index is 1.80. The van der Waals surface area contributed by atoms with Crippen LogP contribution in [0.4, 0.5) is 0 Å². The Morgan fingerprint density at radius 2 is 1.82 bits per heavy atom. The van der Waals surface area contributed by atoms with Crippen LogP contribution in [0.25, 0.3) is 0 Å². The van der Waals surface area contributed by atoms with E-state index in [0.29, 0.717) is 6.73 Å². The molecule has 0 aliphatic heterocycles. The highest BCUT2D eigenvalue weighted by atomic mass is 28.3. The fourth-order valence-electron chi connectivity index (χ4n) is 2.08. The molecular weight excluding hydrogens is 292 g/mol. The lowest BCUT2D eigenvalue weighted by Gasteiger charge is -2.15. The summed E-state index contributed by atoms with van der Waals surface area (Å²) in [5.74, 6) is 0.884. The van der Waals surface area contributed by atoms with E-state index in [1.54, 1.807) is 7.11 Å². The smallest absolute Gasteiger partial charge is 0.139 e. The predicted octanol–water partition coefficient (Wildman–Crippen LogP) is 3.79. The van der Waals surface area contributed by atoms with Crippen LogP contribution in [0.5, 0.6) is 5.75 Å². The zero-order chi connectivity index (χ0) is 16.0. The van der Waals surface area contributed by atoms with Gasteiger partial charge in [-0.25, -0.2) is 4.68 Å². The fourth-order valence-corrected chi connectivity index (χ4v) is 2.84. The molecule has 120 valence electrons. The summed E-state index contributed by atoms with van der Waals surface area (Å²) in [6, 6.07) is 9.33. The first-order chi connectivity index (χ1) is 10.5. The van der Waals surface area contributed by atoms with Gasteiger partial charge in [0.1, 0.15) is 12.5 Å². The van der Waals surface area contributed by atoms with Crippen molar-refractivity contribution < 1.29 is 9.47 Å². The molecule has 4 nitrogen and oxygen atoms in total. The summed E-state index contributed by atoms with van der Waals surface area (Å²) in [5, 5.41) is 4.36. The molecule has 0 N–H and O–H groups in total. The first-order valence-electron chi connectivity index (χ1n) is 7.68. The van der Waals surface area contributed by atoms with Crippen LogP contribution in [0.1, 0.15) is 11.1 Å². The molecule has 0 aliphatic carbocycles. The minimum atomic E-state index is -1.01. The van der Waals surface area contributed by atoms with Gasteiger partial charge >= 0.3 is 0 Å². The molecule has 0 spiro atoms. The van der Waals surface area contributed by atoms with Crippen molar-refractivity contribution in [3.05, 3.63) is 47.8 Å². The summed E-state index contributed by atoms with van der Waals surface area (Å²) in [6.45, 7) is 8.43. The normalized spacial score (nSPS) is 11.6. The zero-order valence-electron chi connectivity index (χ0n) is 14.0. The van der Waals surface area contributed by atoms with Crippen molar-refractivity contribution in [2.24, 2.45) is 0 Å². The van der Waals surface area contributed by atoms with Crippen molar-refractivity contribution >= 4 is 8.07 Å². The van der Waals surface area contributed by atoms with E-state index in [0.717, 1.165) is 18.8 Å². The van der Waals surface area contributed by atoms with Gasteiger partial charge in [-0.3, -0.25) is 0 Å². The van der Waals surface area contributed by atoms with Crippen molar-refractivity contribution in [2.45, 2.75) is 38.8 Å². The summed E-state index contributed by atoms with van der Waals surface area (Å²) in [7, 11) is 0.668. The lowest BCUT2D eigenvalue weighted by molar-refractivity contribution is 0.0785. The first-order valence-corrected chi connectivity index (χ1v) is 11.4. The average Bonchev–Trinajstić information content (AvgIpc) is 2.91. The summed E-state index contributed by atoms with van der Waals surface area (Å²) in [4.78, 5) is 0. The Hall–Kier alpha value is -1.59. The van der Waals surface area contributed by atoms with Crippen molar-refractivity contribution in [1.82, 2.24) is 9.78 Å². The third-order valence-corrected chi connectivity index (χ3v) is 5.18. The summed E-state index contributed by atoms with van der Waals surface area (Å²) in [5.41, 5.74) is 2.44. The van der Waals surface area contributed by atoms with Gasteiger partial charge < -0.3 is 9.47 Å². The number of hydrogen-bond acceptors (Lipinski definition) is 3. The predicted molar refractivity (Wildman–Crippen MR) is 92.1 cm³/mol. The molecule has 5 heteroatoms. The van der Waals surface area contributed by atoms with Crippen LogP contribution in [0.15, 0.2) is 36.7 Å². The second-order valence-electron chi connectivity index (χ2n) is 6.76. The minimum absolute atomic E-state index is 0.535. The van der Waals surface area contributed by atoms with Gasteiger partial charge in [-0.1, -0.05) is 31.8 Å². The molecular formula is C17H26N2O2Si. The van der Waals surface area contributed by atoms with E-state index in [1.165, 1.54) is 17.2 Å². The Kier molecular flexibility index (Phi) is 5.80. The van der Waals surface area contributed by atoms with Crippen molar-refractivity contribution in [2.75, 3.05) is 13.7 Å². The van der Waals surface area contributed by atoms with Gasteiger partial charge in [0.05, 0.1) is 13.3 Å². The minimum Gasteiger partial charge on any atom is -0.497 e. The van der Waals surface area contributed by atoms with E-state index in [4.69, 9.17) is 9.47 Å². The number of rotatable bonds is 8. The molecule has 1 aromatic carbocycles. The largest absolute Gasteiger partial charge is 0.497 e. The topological polar surface area (TPSA) is 36.3 Å².